The van der Waals surface area contributed by atoms with Gasteiger partial charge in [0, 0.05) is 25.1 Å². The molecule has 1 aliphatic rings. The fraction of sp³-hybridized carbons (Fsp3) is 0.500. The molecule has 0 bridgehead atoms. The third-order valence-corrected chi connectivity index (χ3v) is 2.10. The zero-order chi connectivity index (χ0) is 14.5. The van der Waals surface area contributed by atoms with Crippen molar-refractivity contribution in [2.45, 2.75) is 26.4 Å². The van der Waals surface area contributed by atoms with Gasteiger partial charge in [-0.05, 0) is 26.8 Å². The predicted octanol–water partition coefficient (Wildman–Crippen LogP) is 0.941. The largest absolute Gasteiger partial charge is 0.443 e. The van der Waals surface area contributed by atoms with Crippen molar-refractivity contribution in [3.63, 3.8) is 0 Å². The maximum atomic E-state index is 11.8. The molecule has 2 amide bonds. The molecule has 19 heavy (non-hydrogen) atoms. The van der Waals surface area contributed by atoms with Crippen LogP contribution in [0.25, 0.3) is 0 Å². The molecule has 0 unspecified atom stereocenters. The van der Waals surface area contributed by atoms with Gasteiger partial charge in [-0.25, -0.2) is 10.7 Å². The molecule has 1 aliphatic heterocycles. The van der Waals surface area contributed by atoms with E-state index in [9.17, 15) is 9.59 Å². The smallest absolute Gasteiger partial charge is 0.414 e. The monoisotopic (exact) mass is 269 g/mol. The molecule has 0 aromatic carbocycles. The van der Waals surface area contributed by atoms with Gasteiger partial charge in [0.15, 0.2) is 0 Å². The lowest BCUT2D eigenvalue weighted by Gasteiger charge is -2.24. The molecular weight excluding hydrogens is 250 g/mol. The summed E-state index contributed by atoms with van der Waals surface area (Å²) in [5.41, 5.74) is -0.566. The Balaban J connectivity index is 2.67. The Kier molecular flexibility index (Phi) is 5.08. The standard InChI is InChI=1S/C12H19N3O4/c1-12(2,3)19-11(17)15-6-4-5-14(7-8-15)10(16)9-18-13/h4-5,7-8H,6,9,13H2,1-3H3. The normalized spacial score (nSPS) is 15.4. The van der Waals surface area contributed by atoms with Crippen molar-refractivity contribution in [1.29, 1.82) is 0 Å². The fourth-order valence-corrected chi connectivity index (χ4v) is 1.31. The lowest BCUT2D eigenvalue weighted by atomic mass is 10.2. The molecule has 7 heteroatoms. The Hall–Kier alpha value is -1.86. The van der Waals surface area contributed by atoms with Gasteiger partial charge in [-0.2, -0.15) is 0 Å². The SMILES string of the molecule is CC(C)(C)OC(=O)N1C=CN(C(=O)CON)C=CC1. The van der Waals surface area contributed by atoms with E-state index in [0.29, 0.717) is 6.54 Å². The highest BCUT2D eigenvalue weighted by atomic mass is 16.6. The molecule has 0 atom stereocenters. The van der Waals surface area contributed by atoms with Gasteiger partial charge >= 0.3 is 6.09 Å². The third kappa shape index (κ3) is 5.11. The average Bonchev–Trinajstić information content (AvgIpc) is 2.52. The summed E-state index contributed by atoms with van der Waals surface area (Å²) in [7, 11) is 0. The topological polar surface area (TPSA) is 85.1 Å². The quantitative estimate of drug-likeness (QED) is 0.754. The average molecular weight is 269 g/mol. The van der Waals surface area contributed by atoms with Gasteiger partial charge in [0.1, 0.15) is 12.2 Å². The number of carbonyl (C=O) groups excluding carboxylic acids is 2. The molecule has 0 saturated heterocycles. The van der Waals surface area contributed by atoms with Crippen LogP contribution >= 0.6 is 0 Å². The van der Waals surface area contributed by atoms with Crippen LogP contribution in [0, 0.1) is 0 Å². The molecule has 0 aliphatic carbocycles. The summed E-state index contributed by atoms with van der Waals surface area (Å²) in [5, 5.41) is 0. The van der Waals surface area contributed by atoms with Crippen molar-refractivity contribution in [3.8, 4) is 0 Å². The van der Waals surface area contributed by atoms with E-state index < -0.39 is 11.7 Å². The van der Waals surface area contributed by atoms with Crippen molar-refractivity contribution in [2.24, 2.45) is 5.90 Å². The molecule has 7 nitrogen and oxygen atoms in total. The van der Waals surface area contributed by atoms with Gasteiger partial charge in [-0.1, -0.05) is 0 Å². The molecule has 1 heterocycles. The van der Waals surface area contributed by atoms with Crippen LogP contribution in [-0.2, 0) is 14.4 Å². The molecular formula is C12H19N3O4. The van der Waals surface area contributed by atoms with Crippen LogP contribution in [0.3, 0.4) is 0 Å². The summed E-state index contributed by atoms with van der Waals surface area (Å²) in [6, 6.07) is 0. The van der Waals surface area contributed by atoms with Crippen molar-refractivity contribution >= 4 is 12.0 Å². The van der Waals surface area contributed by atoms with Crippen LogP contribution in [0.4, 0.5) is 4.79 Å². The van der Waals surface area contributed by atoms with Gasteiger partial charge in [0.25, 0.3) is 5.91 Å². The van der Waals surface area contributed by atoms with E-state index in [1.54, 1.807) is 33.0 Å². The number of carbonyl (C=O) groups is 2. The zero-order valence-corrected chi connectivity index (χ0v) is 11.3. The molecule has 0 radical (unpaired) electrons. The summed E-state index contributed by atoms with van der Waals surface area (Å²) in [6.45, 7) is 5.45. The number of hydrogen-bond donors (Lipinski definition) is 1. The fourth-order valence-electron chi connectivity index (χ4n) is 1.31. The maximum Gasteiger partial charge on any atom is 0.414 e. The number of ether oxygens (including phenoxy) is 1. The lowest BCUT2D eigenvalue weighted by Crippen LogP contribution is -2.33. The summed E-state index contributed by atoms with van der Waals surface area (Å²) in [4.78, 5) is 30.3. The van der Waals surface area contributed by atoms with Crippen LogP contribution in [-0.4, -0.2) is 40.6 Å². The zero-order valence-electron chi connectivity index (χ0n) is 11.3. The number of rotatable bonds is 2. The van der Waals surface area contributed by atoms with E-state index in [-0.39, 0.29) is 12.5 Å². The maximum absolute atomic E-state index is 11.8. The Bertz CT molecular complexity index is 398. The molecule has 1 rings (SSSR count). The Morgan fingerprint density at radius 3 is 2.53 bits per heavy atom. The molecule has 0 aromatic rings. The van der Waals surface area contributed by atoms with Crippen LogP contribution in [0.5, 0.6) is 0 Å². The highest BCUT2D eigenvalue weighted by Gasteiger charge is 2.21. The van der Waals surface area contributed by atoms with E-state index in [4.69, 9.17) is 10.6 Å². The highest BCUT2D eigenvalue weighted by Crippen LogP contribution is 2.12. The first-order valence-corrected chi connectivity index (χ1v) is 5.81. The van der Waals surface area contributed by atoms with Crippen LogP contribution in [0.2, 0.25) is 0 Å². The second kappa shape index (κ2) is 6.35. The van der Waals surface area contributed by atoms with Gasteiger partial charge in [-0.3, -0.25) is 19.4 Å². The minimum Gasteiger partial charge on any atom is -0.443 e. The van der Waals surface area contributed by atoms with Gasteiger partial charge in [0.2, 0.25) is 0 Å². The number of amides is 2. The Morgan fingerprint density at radius 1 is 1.26 bits per heavy atom. The molecule has 2 N–H and O–H groups in total. The van der Waals surface area contributed by atoms with E-state index in [2.05, 4.69) is 4.84 Å². The summed E-state index contributed by atoms with van der Waals surface area (Å²) in [5.74, 6) is 4.51. The molecule has 0 aromatic heterocycles. The van der Waals surface area contributed by atoms with Gasteiger partial charge < -0.3 is 4.74 Å². The Morgan fingerprint density at radius 2 is 1.95 bits per heavy atom. The first-order valence-electron chi connectivity index (χ1n) is 5.81. The molecule has 0 saturated carbocycles. The van der Waals surface area contributed by atoms with Crippen molar-refractivity contribution < 1.29 is 19.2 Å². The second-order valence-electron chi connectivity index (χ2n) is 4.93. The minimum atomic E-state index is -0.566. The van der Waals surface area contributed by atoms with E-state index in [0.717, 1.165) is 0 Å². The van der Waals surface area contributed by atoms with E-state index >= 15 is 0 Å². The van der Waals surface area contributed by atoms with Gasteiger partial charge in [0.05, 0.1) is 0 Å². The van der Waals surface area contributed by atoms with Crippen molar-refractivity contribution in [2.75, 3.05) is 13.2 Å². The first kappa shape index (κ1) is 15.2. The third-order valence-electron chi connectivity index (χ3n) is 2.10. The number of nitrogens with zero attached hydrogens (tertiary/aromatic N) is 2. The summed E-state index contributed by atoms with van der Waals surface area (Å²) < 4.78 is 5.23. The van der Waals surface area contributed by atoms with Crippen molar-refractivity contribution in [3.05, 3.63) is 24.7 Å². The first-order chi connectivity index (χ1) is 8.83. The van der Waals surface area contributed by atoms with E-state index in [1.807, 2.05) is 0 Å². The van der Waals surface area contributed by atoms with Gasteiger partial charge in [-0.15, -0.1) is 0 Å². The molecule has 106 valence electrons. The predicted molar refractivity (Wildman–Crippen MR) is 68.2 cm³/mol. The number of hydrogen-bond acceptors (Lipinski definition) is 5. The van der Waals surface area contributed by atoms with Crippen LogP contribution in [0.1, 0.15) is 20.8 Å². The number of nitrogens with two attached hydrogens (primary N) is 1. The van der Waals surface area contributed by atoms with Crippen LogP contribution in [0.15, 0.2) is 24.7 Å². The Labute approximate surface area is 112 Å². The molecule has 0 spiro atoms. The molecule has 0 fully saturated rings. The lowest BCUT2D eigenvalue weighted by molar-refractivity contribution is -0.131. The van der Waals surface area contributed by atoms with Crippen molar-refractivity contribution in [1.82, 2.24) is 9.80 Å². The summed E-state index contributed by atoms with van der Waals surface area (Å²) in [6.07, 6.45) is 5.66. The summed E-state index contributed by atoms with van der Waals surface area (Å²) >= 11 is 0. The van der Waals surface area contributed by atoms with E-state index in [1.165, 1.54) is 22.2 Å². The van der Waals surface area contributed by atoms with Crippen LogP contribution < -0.4 is 5.90 Å². The highest BCUT2D eigenvalue weighted by molar-refractivity contribution is 5.79. The minimum absolute atomic E-state index is 0.235. The second-order valence-corrected chi connectivity index (χ2v) is 4.93.